The normalized spacial score (nSPS) is 14.7. The van der Waals surface area contributed by atoms with Crippen LogP contribution < -0.4 is 15.8 Å². The maximum Gasteiger partial charge on any atom is 0.263 e. The van der Waals surface area contributed by atoms with Gasteiger partial charge in [0.25, 0.3) is 5.56 Å². The summed E-state index contributed by atoms with van der Waals surface area (Å²) in [7, 11) is 1.78. The number of anilines is 2. The van der Waals surface area contributed by atoms with Crippen molar-refractivity contribution >= 4 is 22.7 Å². The van der Waals surface area contributed by atoms with Gasteiger partial charge in [0.05, 0.1) is 6.20 Å². The summed E-state index contributed by atoms with van der Waals surface area (Å²) in [5.74, 6) is 0.456. The van der Waals surface area contributed by atoms with Gasteiger partial charge in [-0.25, -0.2) is 0 Å². The van der Waals surface area contributed by atoms with Crippen molar-refractivity contribution in [3.63, 3.8) is 0 Å². The standard InChI is InChI=1S/C24H27N7O/c1-29-22-21(16-26-29)23(32)28-24(27-22)25-15-18-7-5-6-8-19(18)17-30-11-13-31(14-12-30)20-9-3-2-4-10-20/h2-10,16H,11-15,17H2,1H3,(H2,25,27,28,32). The number of hydrogen-bond acceptors (Lipinski definition) is 6. The number of nitrogens with zero attached hydrogens (tertiary/aromatic N) is 5. The van der Waals surface area contributed by atoms with E-state index in [1.54, 1.807) is 11.7 Å². The Hall–Kier alpha value is -3.65. The third kappa shape index (κ3) is 4.22. The van der Waals surface area contributed by atoms with Crippen LogP contribution in [0.5, 0.6) is 0 Å². The van der Waals surface area contributed by atoms with Crippen LogP contribution in [-0.4, -0.2) is 50.8 Å². The molecule has 0 saturated carbocycles. The molecule has 0 aliphatic carbocycles. The van der Waals surface area contributed by atoms with E-state index in [1.165, 1.54) is 23.0 Å². The highest BCUT2D eigenvalue weighted by molar-refractivity contribution is 5.74. The maximum absolute atomic E-state index is 12.3. The summed E-state index contributed by atoms with van der Waals surface area (Å²) in [4.78, 5) is 24.5. The van der Waals surface area contributed by atoms with Crippen LogP contribution in [-0.2, 0) is 20.1 Å². The number of aromatic nitrogens is 4. The second-order valence-corrected chi connectivity index (χ2v) is 8.14. The molecule has 3 heterocycles. The molecule has 8 heteroatoms. The molecule has 0 radical (unpaired) electrons. The van der Waals surface area contributed by atoms with E-state index < -0.39 is 0 Å². The lowest BCUT2D eigenvalue weighted by molar-refractivity contribution is 0.249. The number of aromatic amines is 1. The molecule has 5 rings (SSSR count). The zero-order chi connectivity index (χ0) is 21.9. The number of hydrogen-bond donors (Lipinski definition) is 2. The lowest BCUT2D eigenvalue weighted by atomic mass is 10.1. The number of fused-ring (bicyclic) bond motifs is 1. The van der Waals surface area contributed by atoms with Crippen molar-refractivity contribution in [1.82, 2.24) is 24.6 Å². The molecule has 0 atom stereocenters. The molecule has 2 aromatic heterocycles. The molecule has 2 N–H and O–H groups in total. The van der Waals surface area contributed by atoms with E-state index in [4.69, 9.17) is 0 Å². The average molecular weight is 430 g/mol. The van der Waals surface area contributed by atoms with Gasteiger partial charge in [-0.05, 0) is 23.3 Å². The number of nitrogens with one attached hydrogen (secondary N) is 2. The van der Waals surface area contributed by atoms with Crippen LogP contribution in [0.25, 0.3) is 11.0 Å². The van der Waals surface area contributed by atoms with E-state index >= 15 is 0 Å². The predicted octanol–water partition coefficient (Wildman–Crippen LogP) is 2.59. The number of aryl methyl sites for hydroxylation is 1. The number of benzene rings is 2. The first kappa shape index (κ1) is 20.3. The largest absolute Gasteiger partial charge is 0.369 e. The molecule has 8 nitrogen and oxygen atoms in total. The summed E-state index contributed by atoms with van der Waals surface area (Å²) in [5.41, 5.74) is 4.17. The van der Waals surface area contributed by atoms with Crippen molar-refractivity contribution in [1.29, 1.82) is 0 Å². The van der Waals surface area contributed by atoms with Crippen LogP contribution in [0.15, 0.2) is 65.6 Å². The van der Waals surface area contributed by atoms with Gasteiger partial charge in [-0.15, -0.1) is 0 Å². The maximum atomic E-state index is 12.3. The molecule has 32 heavy (non-hydrogen) atoms. The molecule has 2 aromatic carbocycles. The van der Waals surface area contributed by atoms with Crippen molar-refractivity contribution in [3.05, 3.63) is 82.3 Å². The Morgan fingerprint density at radius 3 is 2.47 bits per heavy atom. The lowest BCUT2D eigenvalue weighted by Gasteiger charge is -2.36. The first-order chi connectivity index (χ1) is 15.7. The van der Waals surface area contributed by atoms with E-state index in [-0.39, 0.29) is 5.56 Å². The van der Waals surface area contributed by atoms with Crippen LogP contribution in [0.4, 0.5) is 11.6 Å². The Morgan fingerprint density at radius 1 is 0.969 bits per heavy atom. The molecule has 0 bridgehead atoms. The zero-order valence-corrected chi connectivity index (χ0v) is 18.2. The fourth-order valence-corrected chi connectivity index (χ4v) is 4.22. The van der Waals surface area contributed by atoms with Crippen molar-refractivity contribution in [2.24, 2.45) is 7.05 Å². The van der Waals surface area contributed by atoms with Gasteiger partial charge in [-0.1, -0.05) is 42.5 Å². The minimum absolute atomic E-state index is 0.185. The summed E-state index contributed by atoms with van der Waals surface area (Å²) in [5, 5.41) is 7.89. The summed E-state index contributed by atoms with van der Waals surface area (Å²) >= 11 is 0. The van der Waals surface area contributed by atoms with Gasteiger partial charge >= 0.3 is 0 Å². The fraction of sp³-hybridized carbons (Fsp3) is 0.292. The molecule has 0 unspecified atom stereocenters. The third-order valence-corrected chi connectivity index (χ3v) is 6.05. The Morgan fingerprint density at radius 2 is 1.69 bits per heavy atom. The van der Waals surface area contributed by atoms with Crippen molar-refractivity contribution < 1.29 is 0 Å². The molecule has 1 aliphatic rings. The van der Waals surface area contributed by atoms with Gasteiger partial charge in [0.2, 0.25) is 5.95 Å². The van der Waals surface area contributed by atoms with Crippen LogP contribution in [0.2, 0.25) is 0 Å². The predicted molar refractivity (Wildman–Crippen MR) is 127 cm³/mol. The van der Waals surface area contributed by atoms with Crippen LogP contribution in [0.1, 0.15) is 11.1 Å². The van der Waals surface area contributed by atoms with E-state index in [0.717, 1.165) is 32.7 Å². The second-order valence-electron chi connectivity index (χ2n) is 8.14. The van der Waals surface area contributed by atoms with Crippen LogP contribution in [0.3, 0.4) is 0 Å². The van der Waals surface area contributed by atoms with Crippen LogP contribution >= 0.6 is 0 Å². The summed E-state index contributed by atoms with van der Waals surface area (Å²) in [6.07, 6.45) is 1.54. The molecule has 1 aliphatic heterocycles. The van der Waals surface area contributed by atoms with E-state index in [0.29, 0.717) is 23.5 Å². The van der Waals surface area contributed by atoms with Gasteiger partial charge in [0.1, 0.15) is 5.39 Å². The zero-order valence-electron chi connectivity index (χ0n) is 18.2. The highest BCUT2D eigenvalue weighted by Crippen LogP contribution is 2.19. The number of para-hydroxylation sites is 1. The van der Waals surface area contributed by atoms with Crippen molar-refractivity contribution in [2.45, 2.75) is 13.1 Å². The molecular formula is C24H27N7O. The summed E-state index contributed by atoms with van der Waals surface area (Å²) in [6.45, 7) is 5.61. The summed E-state index contributed by atoms with van der Waals surface area (Å²) in [6, 6.07) is 19.1. The SMILES string of the molecule is Cn1ncc2c(=O)[nH]c(NCc3ccccc3CN3CCN(c4ccccc4)CC3)nc21. The minimum atomic E-state index is -0.185. The molecule has 1 saturated heterocycles. The Bertz CT molecular complexity index is 1260. The average Bonchev–Trinajstić information content (AvgIpc) is 3.21. The van der Waals surface area contributed by atoms with Gasteiger partial charge in [0.15, 0.2) is 5.65 Å². The van der Waals surface area contributed by atoms with Gasteiger partial charge in [-0.2, -0.15) is 10.1 Å². The topological polar surface area (TPSA) is 82.1 Å². The second kappa shape index (κ2) is 8.84. The van der Waals surface area contributed by atoms with E-state index in [9.17, 15) is 4.79 Å². The fourth-order valence-electron chi connectivity index (χ4n) is 4.22. The van der Waals surface area contributed by atoms with Gasteiger partial charge in [-0.3, -0.25) is 19.4 Å². The number of H-pyrrole nitrogens is 1. The Kier molecular flexibility index (Phi) is 5.60. The third-order valence-electron chi connectivity index (χ3n) is 6.05. The first-order valence-corrected chi connectivity index (χ1v) is 10.9. The Labute approximate surface area is 186 Å². The highest BCUT2D eigenvalue weighted by Gasteiger charge is 2.18. The minimum Gasteiger partial charge on any atom is -0.369 e. The molecule has 4 aromatic rings. The molecule has 164 valence electrons. The summed E-state index contributed by atoms with van der Waals surface area (Å²) < 4.78 is 1.61. The van der Waals surface area contributed by atoms with E-state index in [2.05, 4.69) is 78.7 Å². The van der Waals surface area contributed by atoms with E-state index in [1.807, 2.05) is 6.07 Å². The highest BCUT2D eigenvalue weighted by atomic mass is 16.1. The monoisotopic (exact) mass is 429 g/mol. The smallest absolute Gasteiger partial charge is 0.263 e. The molecule has 1 fully saturated rings. The van der Waals surface area contributed by atoms with Gasteiger partial charge < -0.3 is 10.2 Å². The lowest BCUT2D eigenvalue weighted by Crippen LogP contribution is -2.46. The number of rotatable bonds is 6. The molecule has 0 spiro atoms. The van der Waals surface area contributed by atoms with Crippen LogP contribution in [0, 0.1) is 0 Å². The molecular weight excluding hydrogens is 402 g/mol. The Balaban J connectivity index is 1.24. The van der Waals surface area contributed by atoms with Crippen molar-refractivity contribution in [3.8, 4) is 0 Å². The first-order valence-electron chi connectivity index (χ1n) is 10.9. The molecule has 0 amide bonds. The quantitative estimate of drug-likeness (QED) is 0.490. The number of piperazine rings is 1. The van der Waals surface area contributed by atoms with Crippen molar-refractivity contribution in [2.75, 3.05) is 36.4 Å². The van der Waals surface area contributed by atoms with Gasteiger partial charge in [0, 0.05) is 52.0 Å².